The monoisotopic (exact) mass is 383 g/mol. The van der Waals surface area contributed by atoms with Gasteiger partial charge in [-0.25, -0.2) is 0 Å². The lowest BCUT2D eigenvalue weighted by Crippen LogP contribution is -2.48. The van der Waals surface area contributed by atoms with Crippen LogP contribution >= 0.6 is 12.2 Å². The van der Waals surface area contributed by atoms with E-state index in [-0.39, 0.29) is 17.9 Å². The summed E-state index contributed by atoms with van der Waals surface area (Å²) < 4.78 is 5.54. The van der Waals surface area contributed by atoms with Crippen LogP contribution < -0.4 is 16.2 Å². The lowest BCUT2D eigenvalue weighted by atomic mass is 9.88. The number of nitrogens with one attached hydrogen (secondary N) is 3. The zero-order valence-electron chi connectivity index (χ0n) is 15.2. The van der Waals surface area contributed by atoms with Crippen LogP contribution in [0.1, 0.15) is 36.3 Å². The van der Waals surface area contributed by atoms with Gasteiger partial charge in [0.25, 0.3) is 0 Å². The Kier molecular flexibility index (Phi) is 7.19. The van der Waals surface area contributed by atoms with Crippen LogP contribution in [0.25, 0.3) is 0 Å². The first-order chi connectivity index (χ1) is 13.2. The van der Waals surface area contributed by atoms with E-state index in [0.717, 1.165) is 30.6 Å². The van der Waals surface area contributed by atoms with Crippen molar-refractivity contribution in [3.8, 4) is 0 Å². The fourth-order valence-electron chi connectivity index (χ4n) is 3.22. The van der Waals surface area contributed by atoms with Crippen molar-refractivity contribution in [2.45, 2.75) is 31.3 Å². The number of hydrazine groups is 1. The molecule has 5 nitrogen and oxygen atoms in total. The molecule has 0 radical (unpaired) electrons. The third-order valence-corrected chi connectivity index (χ3v) is 4.87. The number of ether oxygens (including phenoxy) is 1. The molecular formula is C21H25N3O2S. The molecule has 1 aliphatic heterocycles. The van der Waals surface area contributed by atoms with Gasteiger partial charge in [-0.2, -0.15) is 0 Å². The van der Waals surface area contributed by atoms with Crippen molar-refractivity contribution in [3.63, 3.8) is 0 Å². The molecule has 6 heteroatoms. The van der Waals surface area contributed by atoms with Crippen LogP contribution in [0.15, 0.2) is 60.7 Å². The normalized spacial score (nSPS) is 16.1. The fourth-order valence-corrected chi connectivity index (χ4v) is 3.35. The number of rotatable bonds is 6. The van der Waals surface area contributed by atoms with Gasteiger partial charge in [-0.15, -0.1) is 0 Å². The first kappa shape index (κ1) is 19.3. The summed E-state index contributed by atoms with van der Waals surface area (Å²) >= 11 is 5.22. The van der Waals surface area contributed by atoms with Crippen LogP contribution in [0.2, 0.25) is 0 Å². The molecule has 1 aliphatic rings. The van der Waals surface area contributed by atoms with Gasteiger partial charge in [0.15, 0.2) is 5.11 Å². The minimum atomic E-state index is -0.117. The minimum Gasteiger partial charge on any atom is -0.376 e. The van der Waals surface area contributed by atoms with Gasteiger partial charge < -0.3 is 10.1 Å². The second-order valence-corrected chi connectivity index (χ2v) is 7.00. The Morgan fingerprint density at radius 2 is 1.67 bits per heavy atom. The van der Waals surface area contributed by atoms with Crippen molar-refractivity contribution in [2.24, 2.45) is 0 Å². The molecule has 0 unspecified atom stereocenters. The average molecular weight is 384 g/mol. The number of benzene rings is 2. The van der Waals surface area contributed by atoms with Crippen molar-refractivity contribution in [1.82, 2.24) is 16.2 Å². The first-order valence-electron chi connectivity index (χ1n) is 9.26. The summed E-state index contributed by atoms with van der Waals surface area (Å²) in [5.74, 6) is -0.128. The van der Waals surface area contributed by atoms with Crippen LogP contribution in [0.4, 0.5) is 0 Å². The summed E-state index contributed by atoms with van der Waals surface area (Å²) in [4.78, 5) is 12.5. The van der Waals surface area contributed by atoms with E-state index in [2.05, 4.69) is 16.2 Å². The number of hydrogen-bond acceptors (Lipinski definition) is 3. The van der Waals surface area contributed by atoms with E-state index in [1.54, 1.807) is 0 Å². The Morgan fingerprint density at radius 3 is 2.22 bits per heavy atom. The van der Waals surface area contributed by atoms with Crippen LogP contribution in [0.5, 0.6) is 0 Å². The Labute approximate surface area is 165 Å². The molecule has 0 aromatic heterocycles. The average Bonchev–Trinajstić information content (AvgIpc) is 3.24. The molecule has 3 N–H and O–H groups in total. The van der Waals surface area contributed by atoms with Gasteiger partial charge in [-0.1, -0.05) is 60.7 Å². The molecule has 1 amide bonds. The highest BCUT2D eigenvalue weighted by Crippen LogP contribution is 2.27. The molecule has 142 valence electrons. The maximum absolute atomic E-state index is 12.5. The molecule has 0 aliphatic carbocycles. The van der Waals surface area contributed by atoms with Crippen molar-refractivity contribution in [3.05, 3.63) is 71.8 Å². The lowest BCUT2D eigenvalue weighted by molar-refractivity contribution is -0.121. The summed E-state index contributed by atoms with van der Waals surface area (Å²) in [5, 5.41) is 3.48. The van der Waals surface area contributed by atoms with Gasteiger partial charge in [-0.3, -0.25) is 15.6 Å². The number of carbonyl (C=O) groups is 1. The highest BCUT2D eigenvalue weighted by Gasteiger charge is 2.18. The minimum absolute atomic E-state index is 0.0115. The maximum Gasteiger partial charge on any atom is 0.239 e. The summed E-state index contributed by atoms with van der Waals surface area (Å²) in [6.07, 6.45) is 2.65. The molecule has 0 saturated carbocycles. The lowest BCUT2D eigenvalue weighted by Gasteiger charge is -2.19. The third-order valence-electron chi connectivity index (χ3n) is 4.62. The van der Waals surface area contributed by atoms with Crippen molar-refractivity contribution in [1.29, 1.82) is 0 Å². The zero-order chi connectivity index (χ0) is 18.9. The summed E-state index contributed by atoms with van der Waals surface area (Å²) in [6, 6.07) is 20.1. The summed E-state index contributed by atoms with van der Waals surface area (Å²) in [7, 11) is 0. The topological polar surface area (TPSA) is 62.4 Å². The number of hydrogen-bond donors (Lipinski definition) is 3. The Hall–Kier alpha value is -2.44. The van der Waals surface area contributed by atoms with Gasteiger partial charge >= 0.3 is 0 Å². The SMILES string of the molecule is O=C(CC(c1ccccc1)c1ccccc1)NNC(=S)NC[C@H]1CCCO1. The number of carbonyl (C=O) groups excluding carboxylic acids is 1. The molecule has 27 heavy (non-hydrogen) atoms. The van der Waals surface area contributed by atoms with E-state index in [4.69, 9.17) is 17.0 Å². The van der Waals surface area contributed by atoms with Crippen LogP contribution in [-0.4, -0.2) is 30.3 Å². The zero-order valence-corrected chi connectivity index (χ0v) is 16.0. The van der Waals surface area contributed by atoms with Crippen LogP contribution in [-0.2, 0) is 9.53 Å². The number of thiocarbonyl (C=S) groups is 1. The highest BCUT2D eigenvalue weighted by molar-refractivity contribution is 7.80. The van der Waals surface area contributed by atoms with E-state index < -0.39 is 0 Å². The summed E-state index contributed by atoms with van der Waals surface area (Å²) in [5.41, 5.74) is 7.69. The van der Waals surface area contributed by atoms with Gasteiger partial charge in [-0.05, 0) is 36.2 Å². The largest absolute Gasteiger partial charge is 0.376 e. The second kappa shape index (κ2) is 10.0. The molecule has 3 rings (SSSR count). The van der Waals surface area contributed by atoms with E-state index in [1.165, 1.54) is 0 Å². The predicted molar refractivity (Wildman–Crippen MR) is 110 cm³/mol. The van der Waals surface area contributed by atoms with Gasteiger partial charge in [0.1, 0.15) is 0 Å². The maximum atomic E-state index is 12.5. The standard InChI is InChI=1S/C21H25N3O2S/c25-20(23-24-21(27)22-15-18-12-7-13-26-18)14-19(16-8-3-1-4-9-16)17-10-5-2-6-11-17/h1-6,8-11,18-19H,7,12-15H2,(H,23,25)(H2,22,24,27)/t18-/m1/s1. The summed E-state index contributed by atoms with van der Waals surface area (Å²) in [6.45, 7) is 1.46. The molecule has 2 aromatic rings. The van der Waals surface area contributed by atoms with Gasteiger partial charge in [0.05, 0.1) is 6.10 Å². The Bertz CT molecular complexity index is 694. The predicted octanol–water partition coefficient (Wildman–Crippen LogP) is 2.88. The van der Waals surface area contributed by atoms with Crippen LogP contribution in [0.3, 0.4) is 0 Å². The number of amides is 1. The Morgan fingerprint density at radius 1 is 1.04 bits per heavy atom. The fraction of sp³-hybridized carbons (Fsp3) is 0.333. The molecule has 0 bridgehead atoms. The molecule has 1 atom stereocenters. The van der Waals surface area contributed by atoms with E-state index in [1.807, 2.05) is 60.7 Å². The van der Waals surface area contributed by atoms with E-state index in [0.29, 0.717) is 18.1 Å². The van der Waals surface area contributed by atoms with Crippen molar-refractivity contribution >= 4 is 23.2 Å². The molecule has 2 aromatic carbocycles. The second-order valence-electron chi connectivity index (χ2n) is 6.60. The van der Waals surface area contributed by atoms with Gasteiger partial charge in [0, 0.05) is 25.5 Å². The molecule has 0 spiro atoms. The molecular weight excluding hydrogens is 358 g/mol. The highest BCUT2D eigenvalue weighted by atomic mass is 32.1. The third kappa shape index (κ3) is 6.05. The van der Waals surface area contributed by atoms with Crippen LogP contribution in [0, 0.1) is 0 Å². The molecule has 1 heterocycles. The quantitative estimate of drug-likeness (QED) is 0.529. The van der Waals surface area contributed by atoms with Gasteiger partial charge in [0.2, 0.25) is 5.91 Å². The molecule has 1 saturated heterocycles. The smallest absolute Gasteiger partial charge is 0.239 e. The van der Waals surface area contributed by atoms with E-state index in [9.17, 15) is 4.79 Å². The molecule has 1 fully saturated rings. The first-order valence-corrected chi connectivity index (χ1v) is 9.67. The van der Waals surface area contributed by atoms with Crippen molar-refractivity contribution < 1.29 is 9.53 Å². The Balaban J connectivity index is 1.52. The van der Waals surface area contributed by atoms with E-state index >= 15 is 0 Å². The van der Waals surface area contributed by atoms with Crippen molar-refractivity contribution in [2.75, 3.05) is 13.2 Å².